The van der Waals surface area contributed by atoms with Crippen LogP contribution in [0.5, 0.6) is 0 Å². The second kappa shape index (κ2) is 8.12. The lowest BCUT2D eigenvalue weighted by Crippen LogP contribution is -2.49. The predicted octanol–water partition coefficient (Wildman–Crippen LogP) is 2.41. The van der Waals surface area contributed by atoms with E-state index in [2.05, 4.69) is 19.2 Å². The zero-order valence-corrected chi connectivity index (χ0v) is 13.6. The zero-order chi connectivity index (χ0) is 16.0. The summed E-state index contributed by atoms with van der Waals surface area (Å²) in [4.78, 5) is 15.0. The summed E-state index contributed by atoms with van der Waals surface area (Å²) in [5.74, 6) is 0. The van der Waals surface area contributed by atoms with Crippen molar-refractivity contribution in [1.29, 1.82) is 0 Å². The first-order valence-corrected chi connectivity index (χ1v) is 8.05. The highest BCUT2D eigenvalue weighted by Gasteiger charge is 2.29. The second-order valence-electron chi connectivity index (χ2n) is 5.60. The summed E-state index contributed by atoms with van der Waals surface area (Å²) in [5, 5.41) is 3.61. The maximum atomic E-state index is 12.1. The highest BCUT2D eigenvalue weighted by Crippen LogP contribution is 2.24. The molecule has 1 aliphatic rings. The summed E-state index contributed by atoms with van der Waals surface area (Å²) >= 11 is 1.87. The summed E-state index contributed by atoms with van der Waals surface area (Å²) < 4.78 is 36.4. The number of carbonyl (C=O) groups excluding carboxylic acids is 1. The molecule has 1 saturated heterocycles. The molecule has 2 atom stereocenters. The van der Waals surface area contributed by atoms with Crippen LogP contribution in [0.4, 0.5) is 18.0 Å². The number of amides is 2. The molecule has 0 saturated carbocycles. The summed E-state index contributed by atoms with van der Waals surface area (Å²) in [6.07, 6.45) is -3.66. The van der Waals surface area contributed by atoms with Crippen LogP contribution in [0.15, 0.2) is 0 Å². The highest BCUT2D eigenvalue weighted by molar-refractivity contribution is 8.00. The molecule has 0 aromatic carbocycles. The third-order valence-electron chi connectivity index (χ3n) is 3.15. The highest BCUT2D eigenvalue weighted by atomic mass is 32.2. The molecule has 4 nitrogen and oxygen atoms in total. The smallest absolute Gasteiger partial charge is 0.338 e. The topological polar surface area (TPSA) is 35.6 Å². The molecule has 2 amide bonds. The van der Waals surface area contributed by atoms with E-state index >= 15 is 0 Å². The first-order valence-electron chi connectivity index (χ1n) is 7.11. The molecule has 0 aliphatic carbocycles. The Balaban J connectivity index is 2.19. The van der Waals surface area contributed by atoms with E-state index in [9.17, 15) is 18.0 Å². The molecule has 0 unspecified atom stereocenters. The van der Waals surface area contributed by atoms with Gasteiger partial charge in [0, 0.05) is 30.1 Å². The number of thioether (sulfide) groups is 1. The Morgan fingerprint density at radius 2 is 1.90 bits per heavy atom. The first kappa shape index (κ1) is 18.4. The van der Waals surface area contributed by atoms with Crippen LogP contribution < -0.4 is 5.32 Å². The first-order chi connectivity index (χ1) is 9.67. The molecule has 1 heterocycles. The molecule has 0 radical (unpaired) electrons. The molecular weight excluding hydrogens is 303 g/mol. The fourth-order valence-corrected chi connectivity index (χ4v) is 3.71. The number of alkyl halides is 3. The van der Waals surface area contributed by atoms with Gasteiger partial charge in [0.05, 0.1) is 6.54 Å². The number of hydrogen-bond acceptors (Lipinski definition) is 3. The van der Waals surface area contributed by atoms with Gasteiger partial charge in [0.25, 0.3) is 0 Å². The van der Waals surface area contributed by atoms with E-state index in [-0.39, 0.29) is 6.03 Å². The Labute approximate surface area is 128 Å². The lowest BCUT2D eigenvalue weighted by molar-refractivity contribution is -0.143. The maximum Gasteiger partial charge on any atom is 0.401 e. The van der Waals surface area contributed by atoms with Gasteiger partial charge in [-0.15, -0.1) is 0 Å². The summed E-state index contributed by atoms with van der Waals surface area (Å²) in [6, 6.07) is -0.118. The van der Waals surface area contributed by atoms with Gasteiger partial charge in [-0.1, -0.05) is 13.8 Å². The maximum absolute atomic E-state index is 12.1. The van der Waals surface area contributed by atoms with Gasteiger partial charge in [-0.2, -0.15) is 24.9 Å². The SMILES string of the molecule is C[C@@H]1CN(C(=O)NCCCN(C)CC(F)(F)F)C[C@H](C)S1. The van der Waals surface area contributed by atoms with Crippen LogP contribution in [0.25, 0.3) is 0 Å². The van der Waals surface area contributed by atoms with Crippen molar-refractivity contribution < 1.29 is 18.0 Å². The Bertz CT molecular complexity index is 331. The Kier molecular flexibility index (Phi) is 7.12. The molecular formula is C13H24F3N3OS. The third kappa shape index (κ3) is 7.80. The number of carbonyl (C=O) groups is 1. The van der Waals surface area contributed by atoms with Gasteiger partial charge in [-0.25, -0.2) is 4.79 Å². The Hall–Kier alpha value is -0.630. The van der Waals surface area contributed by atoms with Gasteiger partial charge in [0.2, 0.25) is 0 Å². The normalized spacial score (nSPS) is 23.5. The monoisotopic (exact) mass is 327 g/mol. The van der Waals surface area contributed by atoms with E-state index in [1.807, 2.05) is 11.8 Å². The lowest BCUT2D eigenvalue weighted by atomic mass is 10.3. The van der Waals surface area contributed by atoms with Crippen LogP contribution in [-0.4, -0.2) is 72.3 Å². The molecule has 0 bridgehead atoms. The second-order valence-corrected chi connectivity index (χ2v) is 7.48. The minimum Gasteiger partial charge on any atom is -0.338 e. The lowest BCUT2D eigenvalue weighted by Gasteiger charge is -2.34. The van der Waals surface area contributed by atoms with Gasteiger partial charge in [-0.3, -0.25) is 4.90 Å². The Morgan fingerprint density at radius 3 is 2.43 bits per heavy atom. The molecule has 1 aliphatic heterocycles. The number of nitrogens with one attached hydrogen (secondary N) is 1. The van der Waals surface area contributed by atoms with Gasteiger partial charge in [-0.05, 0) is 20.0 Å². The van der Waals surface area contributed by atoms with E-state index in [0.717, 1.165) is 13.1 Å². The van der Waals surface area contributed by atoms with Crippen LogP contribution in [0.2, 0.25) is 0 Å². The zero-order valence-electron chi connectivity index (χ0n) is 12.7. The molecule has 0 aromatic rings. The van der Waals surface area contributed by atoms with E-state index < -0.39 is 12.7 Å². The third-order valence-corrected chi connectivity index (χ3v) is 4.38. The molecule has 21 heavy (non-hydrogen) atoms. The van der Waals surface area contributed by atoms with Gasteiger partial charge >= 0.3 is 12.2 Å². The number of hydrogen-bond donors (Lipinski definition) is 1. The number of nitrogens with zero attached hydrogens (tertiary/aromatic N) is 2. The largest absolute Gasteiger partial charge is 0.401 e. The van der Waals surface area contributed by atoms with Crippen molar-refractivity contribution in [1.82, 2.24) is 15.1 Å². The average Bonchev–Trinajstić information content (AvgIpc) is 2.31. The minimum atomic E-state index is -4.17. The van der Waals surface area contributed by atoms with Gasteiger partial charge in [0.1, 0.15) is 0 Å². The van der Waals surface area contributed by atoms with Crippen molar-refractivity contribution in [2.75, 3.05) is 39.8 Å². The van der Waals surface area contributed by atoms with Crippen LogP contribution in [0, 0.1) is 0 Å². The fraction of sp³-hybridized carbons (Fsp3) is 0.923. The molecule has 1 N–H and O–H groups in total. The molecule has 0 spiro atoms. The summed E-state index contributed by atoms with van der Waals surface area (Å²) in [6.45, 7) is 5.40. The van der Waals surface area contributed by atoms with Crippen molar-refractivity contribution in [2.24, 2.45) is 0 Å². The van der Waals surface area contributed by atoms with Crippen LogP contribution >= 0.6 is 11.8 Å². The van der Waals surface area contributed by atoms with Crippen molar-refractivity contribution in [3.05, 3.63) is 0 Å². The van der Waals surface area contributed by atoms with Crippen LogP contribution in [-0.2, 0) is 0 Å². The predicted molar refractivity (Wildman–Crippen MR) is 79.7 cm³/mol. The van der Waals surface area contributed by atoms with E-state index in [1.54, 1.807) is 4.90 Å². The number of urea groups is 1. The van der Waals surface area contributed by atoms with Crippen LogP contribution in [0.3, 0.4) is 0 Å². The van der Waals surface area contributed by atoms with E-state index in [4.69, 9.17) is 0 Å². The standard InChI is InChI=1S/C13H24F3N3OS/c1-10-7-19(8-11(2)21-10)12(20)17-5-4-6-18(3)9-13(14,15)16/h10-11H,4-9H2,1-3H3,(H,17,20)/t10-,11+. The minimum absolute atomic E-state index is 0.118. The summed E-state index contributed by atoms with van der Waals surface area (Å²) in [5.41, 5.74) is 0. The molecule has 1 rings (SSSR count). The van der Waals surface area contributed by atoms with Crippen molar-refractivity contribution in [3.8, 4) is 0 Å². The quantitative estimate of drug-likeness (QED) is 0.788. The van der Waals surface area contributed by atoms with Crippen molar-refractivity contribution in [2.45, 2.75) is 36.9 Å². The van der Waals surface area contributed by atoms with Crippen LogP contribution in [0.1, 0.15) is 20.3 Å². The molecule has 0 aromatic heterocycles. The number of halogens is 3. The number of rotatable bonds is 5. The fourth-order valence-electron chi connectivity index (χ4n) is 2.38. The van der Waals surface area contributed by atoms with Gasteiger partial charge in [0.15, 0.2) is 0 Å². The van der Waals surface area contributed by atoms with E-state index in [1.165, 1.54) is 11.9 Å². The molecule has 1 fully saturated rings. The molecule has 124 valence electrons. The van der Waals surface area contributed by atoms with Crippen molar-refractivity contribution >= 4 is 17.8 Å². The van der Waals surface area contributed by atoms with E-state index in [0.29, 0.717) is 30.0 Å². The van der Waals surface area contributed by atoms with Gasteiger partial charge < -0.3 is 10.2 Å². The molecule has 8 heteroatoms. The van der Waals surface area contributed by atoms with Crippen molar-refractivity contribution in [3.63, 3.8) is 0 Å². The summed E-state index contributed by atoms with van der Waals surface area (Å²) in [7, 11) is 1.43. The average molecular weight is 327 g/mol. The Morgan fingerprint density at radius 1 is 1.33 bits per heavy atom.